The van der Waals surface area contributed by atoms with Crippen molar-refractivity contribution < 1.29 is 4.79 Å². The average molecular weight is 293 g/mol. The summed E-state index contributed by atoms with van der Waals surface area (Å²) < 4.78 is 1.89. The van der Waals surface area contributed by atoms with Crippen LogP contribution in [0.5, 0.6) is 0 Å². The highest BCUT2D eigenvalue weighted by Crippen LogP contribution is 2.14. The van der Waals surface area contributed by atoms with Crippen molar-refractivity contribution in [1.29, 1.82) is 0 Å². The number of halogens is 1. The van der Waals surface area contributed by atoms with Gasteiger partial charge in [-0.25, -0.2) is 9.97 Å². The molecule has 0 saturated heterocycles. The third-order valence-electron chi connectivity index (χ3n) is 3.10. The van der Waals surface area contributed by atoms with Crippen LogP contribution in [0, 0.1) is 0 Å². The molecular formula is C14H17ClN4O. The quantitative estimate of drug-likeness (QED) is 0.813. The van der Waals surface area contributed by atoms with Crippen molar-refractivity contribution in [1.82, 2.24) is 19.4 Å². The van der Waals surface area contributed by atoms with Gasteiger partial charge in [0.25, 0.3) is 5.91 Å². The first-order valence-corrected chi connectivity index (χ1v) is 6.77. The number of pyridine rings is 1. The van der Waals surface area contributed by atoms with E-state index in [-0.39, 0.29) is 5.91 Å². The third kappa shape index (κ3) is 3.17. The molecule has 2 heterocycles. The van der Waals surface area contributed by atoms with E-state index < -0.39 is 0 Å². The fraction of sp³-hybridized carbons (Fsp3) is 0.357. The topological polar surface area (TPSA) is 51.0 Å². The molecule has 0 aliphatic heterocycles. The standard InChI is InChI=1S/C14H17ClN4O/c1-4-11-7-10(8-12(15)17-11)14(20)19(3)9-13-16-5-6-18(13)2/h5-8H,4,9H2,1-3H3. The molecule has 0 saturated carbocycles. The van der Waals surface area contributed by atoms with Crippen molar-refractivity contribution in [2.45, 2.75) is 19.9 Å². The lowest BCUT2D eigenvalue weighted by Gasteiger charge is -2.17. The van der Waals surface area contributed by atoms with Gasteiger partial charge in [-0.1, -0.05) is 18.5 Å². The SMILES string of the molecule is CCc1cc(C(=O)N(C)Cc2nccn2C)cc(Cl)n1. The van der Waals surface area contributed by atoms with Crippen LogP contribution in [0.15, 0.2) is 24.5 Å². The van der Waals surface area contributed by atoms with Crippen LogP contribution in [-0.2, 0) is 20.0 Å². The molecule has 106 valence electrons. The van der Waals surface area contributed by atoms with Gasteiger partial charge in [0.15, 0.2) is 0 Å². The fourth-order valence-corrected chi connectivity index (χ4v) is 2.14. The maximum atomic E-state index is 12.4. The Morgan fingerprint density at radius 1 is 1.45 bits per heavy atom. The summed E-state index contributed by atoms with van der Waals surface area (Å²) >= 11 is 5.95. The Morgan fingerprint density at radius 2 is 2.20 bits per heavy atom. The minimum Gasteiger partial charge on any atom is -0.337 e. The zero-order chi connectivity index (χ0) is 14.7. The van der Waals surface area contributed by atoms with Crippen LogP contribution in [-0.4, -0.2) is 32.4 Å². The van der Waals surface area contributed by atoms with E-state index in [1.807, 2.05) is 24.7 Å². The highest BCUT2D eigenvalue weighted by Gasteiger charge is 2.15. The molecule has 0 fully saturated rings. The van der Waals surface area contributed by atoms with Crippen molar-refractivity contribution >= 4 is 17.5 Å². The van der Waals surface area contributed by atoms with Gasteiger partial charge in [0.05, 0.1) is 6.54 Å². The van der Waals surface area contributed by atoms with E-state index in [2.05, 4.69) is 9.97 Å². The van der Waals surface area contributed by atoms with Crippen LogP contribution in [0.3, 0.4) is 0 Å². The van der Waals surface area contributed by atoms with Gasteiger partial charge in [0, 0.05) is 37.7 Å². The van der Waals surface area contributed by atoms with Gasteiger partial charge in [-0.2, -0.15) is 0 Å². The van der Waals surface area contributed by atoms with Crippen molar-refractivity contribution in [2.24, 2.45) is 7.05 Å². The number of carbonyl (C=O) groups excluding carboxylic acids is 1. The van der Waals surface area contributed by atoms with E-state index in [0.717, 1.165) is 17.9 Å². The van der Waals surface area contributed by atoms with Crippen molar-refractivity contribution in [3.05, 3.63) is 46.8 Å². The van der Waals surface area contributed by atoms with Crippen LogP contribution >= 0.6 is 11.6 Å². The molecule has 20 heavy (non-hydrogen) atoms. The summed E-state index contributed by atoms with van der Waals surface area (Å²) in [5.74, 6) is 0.740. The molecule has 0 aromatic carbocycles. The minimum absolute atomic E-state index is 0.0907. The number of amides is 1. The summed E-state index contributed by atoms with van der Waals surface area (Å²) in [4.78, 5) is 22.4. The largest absolute Gasteiger partial charge is 0.337 e. The molecule has 0 aliphatic rings. The Morgan fingerprint density at radius 3 is 2.80 bits per heavy atom. The number of aromatic nitrogens is 3. The molecule has 1 amide bonds. The van der Waals surface area contributed by atoms with Gasteiger partial charge < -0.3 is 9.47 Å². The van der Waals surface area contributed by atoms with E-state index in [0.29, 0.717) is 17.3 Å². The average Bonchev–Trinajstić information content (AvgIpc) is 2.82. The van der Waals surface area contributed by atoms with E-state index >= 15 is 0 Å². The number of hydrogen-bond donors (Lipinski definition) is 0. The Balaban J connectivity index is 2.18. The zero-order valence-corrected chi connectivity index (χ0v) is 12.6. The maximum Gasteiger partial charge on any atom is 0.254 e. The number of rotatable bonds is 4. The molecule has 0 bridgehead atoms. The molecule has 0 atom stereocenters. The summed E-state index contributed by atoms with van der Waals surface area (Å²) in [6, 6.07) is 3.38. The normalized spacial score (nSPS) is 10.6. The molecule has 6 heteroatoms. The van der Waals surface area contributed by atoms with E-state index in [4.69, 9.17) is 11.6 Å². The lowest BCUT2D eigenvalue weighted by Crippen LogP contribution is -2.27. The summed E-state index contributed by atoms with van der Waals surface area (Å²) in [6.07, 6.45) is 4.31. The summed E-state index contributed by atoms with van der Waals surface area (Å²) in [5.41, 5.74) is 1.37. The Kier molecular flexibility index (Phi) is 4.39. The molecule has 2 aromatic heterocycles. The summed E-state index contributed by atoms with van der Waals surface area (Å²) in [5, 5.41) is 0.345. The van der Waals surface area contributed by atoms with Gasteiger partial charge in [-0.05, 0) is 18.6 Å². The first kappa shape index (κ1) is 14.5. The molecule has 0 N–H and O–H groups in total. The maximum absolute atomic E-state index is 12.4. The first-order valence-electron chi connectivity index (χ1n) is 6.39. The van der Waals surface area contributed by atoms with E-state index in [9.17, 15) is 4.79 Å². The van der Waals surface area contributed by atoms with Crippen LogP contribution in [0.4, 0.5) is 0 Å². The Hall–Kier alpha value is -1.88. The smallest absolute Gasteiger partial charge is 0.254 e. The monoisotopic (exact) mass is 292 g/mol. The fourth-order valence-electron chi connectivity index (χ4n) is 1.91. The number of imidazole rings is 1. The zero-order valence-electron chi connectivity index (χ0n) is 11.8. The Labute approximate surface area is 123 Å². The highest BCUT2D eigenvalue weighted by molar-refractivity contribution is 6.29. The molecule has 0 spiro atoms. The van der Waals surface area contributed by atoms with Gasteiger partial charge in [0.2, 0.25) is 0 Å². The summed E-state index contributed by atoms with van der Waals surface area (Å²) in [7, 11) is 3.65. The third-order valence-corrected chi connectivity index (χ3v) is 3.30. The Bertz CT molecular complexity index is 623. The highest BCUT2D eigenvalue weighted by atomic mass is 35.5. The van der Waals surface area contributed by atoms with Gasteiger partial charge in [0.1, 0.15) is 11.0 Å². The van der Waals surface area contributed by atoms with Crippen molar-refractivity contribution in [3.8, 4) is 0 Å². The molecule has 0 radical (unpaired) electrons. The number of hydrogen-bond acceptors (Lipinski definition) is 3. The lowest BCUT2D eigenvalue weighted by atomic mass is 10.2. The predicted molar refractivity (Wildman–Crippen MR) is 77.6 cm³/mol. The van der Waals surface area contributed by atoms with Crippen LogP contribution < -0.4 is 0 Å². The molecule has 2 rings (SSSR count). The lowest BCUT2D eigenvalue weighted by molar-refractivity contribution is 0.0780. The van der Waals surface area contributed by atoms with Crippen molar-refractivity contribution in [3.63, 3.8) is 0 Å². The van der Waals surface area contributed by atoms with Gasteiger partial charge in [-0.15, -0.1) is 0 Å². The van der Waals surface area contributed by atoms with Gasteiger partial charge >= 0.3 is 0 Å². The minimum atomic E-state index is -0.0907. The second kappa shape index (κ2) is 6.05. The van der Waals surface area contributed by atoms with Crippen LogP contribution in [0.2, 0.25) is 5.15 Å². The second-order valence-corrected chi connectivity index (χ2v) is 5.03. The van der Waals surface area contributed by atoms with Gasteiger partial charge in [-0.3, -0.25) is 4.79 Å². The molecule has 0 aliphatic carbocycles. The predicted octanol–water partition coefficient (Wildman–Crippen LogP) is 2.30. The van der Waals surface area contributed by atoms with E-state index in [1.54, 1.807) is 30.3 Å². The molecule has 0 unspecified atom stereocenters. The molecule has 5 nitrogen and oxygen atoms in total. The van der Waals surface area contributed by atoms with E-state index in [1.165, 1.54) is 0 Å². The molecular weight excluding hydrogens is 276 g/mol. The van der Waals surface area contributed by atoms with Crippen LogP contribution in [0.25, 0.3) is 0 Å². The van der Waals surface area contributed by atoms with Crippen LogP contribution in [0.1, 0.15) is 28.8 Å². The second-order valence-electron chi connectivity index (χ2n) is 4.64. The van der Waals surface area contributed by atoms with Crippen molar-refractivity contribution in [2.75, 3.05) is 7.05 Å². The number of nitrogens with zero attached hydrogens (tertiary/aromatic N) is 4. The first-order chi connectivity index (χ1) is 9.51. The summed E-state index contributed by atoms with van der Waals surface area (Å²) in [6.45, 7) is 2.42. The number of aryl methyl sites for hydroxylation is 2. The number of carbonyl (C=O) groups is 1. The molecule has 2 aromatic rings.